The van der Waals surface area contributed by atoms with Crippen LogP contribution in [0.4, 0.5) is 0 Å². The predicted octanol–water partition coefficient (Wildman–Crippen LogP) is -0.763. The van der Waals surface area contributed by atoms with E-state index in [0.29, 0.717) is 6.04 Å². The fourth-order valence-corrected chi connectivity index (χ4v) is 0.625. The molecule has 1 aliphatic heterocycles. The Hall–Kier alpha value is -0.120. The molecule has 0 saturated carbocycles. The fourth-order valence-electron chi connectivity index (χ4n) is 0.625. The molecular formula is C4H10N2O. The maximum Gasteiger partial charge on any atom is 0.161 e. The van der Waals surface area contributed by atoms with Gasteiger partial charge in [0.15, 0.2) is 6.35 Å². The van der Waals surface area contributed by atoms with Gasteiger partial charge >= 0.3 is 0 Å². The summed E-state index contributed by atoms with van der Waals surface area (Å²) >= 11 is 0. The van der Waals surface area contributed by atoms with Crippen LogP contribution in [0.3, 0.4) is 0 Å². The minimum atomic E-state index is -0.227. The highest BCUT2D eigenvalue weighted by atomic mass is 16.5. The van der Waals surface area contributed by atoms with Crippen molar-refractivity contribution in [2.45, 2.75) is 19.3 Å². The van der Waals surface area contributed by atoms with E-state index in [1.165, 1.54) is 0 Å². The van der Waals surface area contributed by atoms with Crippen molar-refractivity contribution in [3.8, 4) is 0 Å². The van der Waals surface area contributed by atoms with Crippen molar-refractivity contribution in [1.82, 2.24) is 5.32 Å². The van der Waals surface area contributed by atoms with Gasteiger partial charge in [-0.3, -0.25) is 11.1 Å². The highest BCUT2D eigenvalue weighted by Crippen LogP contribution is 1.94. The van der Waals surface area contributed by atoms with Gasteiger partial charge in [0.2, 0.25) is 0 Å². The molecule has 0 aliphatic carbocycles. The lowest BCUT2D eigenvalue weighted by atomic mass is 10.4. The third-order valence-corrected chi connectivity index (χ3v) is 0.975. The SMILES string of the molecule is CC1COC(N)N1. The van der Waals surface area contributed by atoms with Crippen molar-refractivity contribution in [3.05, 3.63) is 0 Å². The topological polar surface area (TPSA) is 47.3 Å². The van der Waals surface area contributed by atoms with Crippen molar-refractivity contribution in [2.24, 2.45) is 5.73 Å². The van der Waals surface area contributed by atoms with Gasteiger partial charge in [-0.1, -0.05) is 0 Å². The monoisotopic (exact) mass is 102 g/mol. The lowest BCUT2D eigenvalue weighted by Crippen LogP contribution is -2.35. The van der Waals surface area contributed by atoms with E-state index < -0.39 is 0 Å². The van der Waals surface area contributed by atoms with Gasteiger partial charge in [0.1, 0.15) is 0 Å². The van der Waals surface area contributed by atoms with Gasteiger partial charge in [0.25, 0.3) is 0 Å². The molecule has 0 aromatic carbocycles. The van der Waals surface area contributed by atoms with Gasteiger partial charge < -0.3 is 4.74 Å². The molecule has 1 heterocycles. The van der Waals surface area contributed by atoms with E-state index in [2.05, 4.69) is 5.32 Å². The van der Waals surface area contributed by atoms with Crippen LogP contribution in [0.1, 0.15) is 6.92 Å². The number of rotatable bonds is 0. The zero-order valence-electron chi connectivity index (χ0n) is 4.35. The zero-order chi connectivity index (χ0) is 5.28. The van der Waals surface area contributed by atoms with Crippen LogP contribution in [0, 0.1) is 0 Å². The first-order valence-corrected chi connectivity index (χ1v) is 2.42. The first-order chi connectivity index (χ1) is 3.29. The van der Waals surface area contributed by atoms with Gasteiger partial charge in [0, 0.05) is 6.04 Å². The highest BCUT2D eigenvalue weighted by Gasteiger charge is 2.15. The largest absolute Gasteiger partial charge is 0.349 e. The fraction of sp³-hybridized carbons (Fsp3) is 1.00. The molecule has 7 heavy (non-hydrogen) atoms. The van der Waals surface area contributed by atoms with Crippen LogP contribution < -0.4 is 11.1 Å². The summed E-state index contributed by atoms with van der Waals surface area (Å²) in [7, 11) is 0. The molecule has 2 atom stereocenters. The summed E-state index contributed by atoms with van der Waals surface area (Å²) in [5, 5.41) is 2.97. The molecule has 1 aliphatic rings. The summed E-state index contributed by atoms with van der Waals surface area (Å²) < 4.78 is 4.93. The molecule has 0 amide bonds. The second-order valence-corrected chi connectivity index (χ2v) is 1.82. The maximum absolute atomic E-state index is 5.29. The molecule has 3 N–H and O–H groups in total. The number of nitrogens with two attached hydrogens (primary N) is 1. The van der Waals surface area contributed by atoms with Crippen LogP contribution in [0.15, 0.2) is 0 Å². The van der Waals surface area contributed by atoms with E-state index in [9.17, 15) is 0 Å². The Kier molecular flexibility index (Phi) is 1.27. The maximum atomic E-state index is 5.29. The van der Waals surface area contributed by atoms with Crippen LogP contribution >= 0.6 is 0 Å². The van der Waals surface area contributed by atoms with Gasteiger partial charge in [-0.2, -0.15) is 0 Å². The molecular weight excluding hydrogens is 92.1 g/mol. The van der Waals surface area contributed by atoms with Crippen molar-refractivity contribution >= 4 is 0 Å². The summed E-state index contributed by atoms with van der Waals surface area (Å²) in [5.41, 5.74) is 5.29. The van der Waals surface area contributed by atoms with E-state index in [1.807, 2.05) is 6.92 Å². The smallest absolute Gasteiger partial charge is 0.161 e. The minimum Gasteiger partial charge on any atom is -0.349 e. The van der Waals surface area contributed by atoms with E-state index in [-0.39, 0.29) is 6.35 Å². The van der Waals surface area contributed by atoms with Crippen molar-refractivity contribution in [3.63, 3.8) is 0 Å². The molecule has 0 bridgehead atoms. The normalized spacial score (nSPS) is 42.0. The Bertz CT molecular complexity index is 58.7. The highest BCUT2D eigenvalue weighted by molar-refractivity contribution is 4.65. The Morgan fingerprint density at radius 1 is 1.86 bits per heavy atom. The Morgan fingerprint density at radius 3 is 2.71 bits per heavy atom. The molecule has 0 aromatic heterocycles. The Morgan fingerprint density at radius 2 is 2.57 bits per heavy atom. The lowest BCUT2D eigenvalue weighted by molar-refractivity contribution is 0.106. The molecule has 0 radical (unpaired) electrons. The predicted molar refractivity (Wildman–Crippen MR) is 26.5 cm³/mol. The minimum absolute atomic E-state index is 0.227. The third kappa shape index (κ3) is 1.12. The molecule has 3 nitrogen and oxygen atoms in total. The Labute approximate surface area is 42.8 Å². The number of hydrogen-bond acceptors (Lipinski definition) is 3. The van der Waals surface area contributed by atoms with Gasteiger partial charge in [-0.25, -0.2) is 0 Å². The van der Waals surface area contributed by atoms with Crippen LogP contribution in [0.25, 0.3) is 0 Å². The summed E-state index contributed by atoms with van der Waals surface area (Å²) in [4.78, 5) is 0. The standard InChI is InChI=1S/C4H10N2O/c1-3-2-7-4(5)6-3/h3-4,6H,2,5H2,1H3. The average Bonchev–Trinajstić information content (AvgIpc) is 1.87. The first-order valence-electron chi connectivity index (χ1n) is 2.42. The third-order valence-electron chi connectivity index (χ3n) is 0.975. The molecule has 3 heteroatoms. The summed E-state index contributed by atoms with van der Waals surface area (Å²) in [6.07, 6.45) is -0.227. The van der Waals surface area contributed by atoms with Crippen LogP contribution in [-0.2, 0) is 4.74 Å². The average molecular weight is 102 g/mol. The Balaban J connectivity index is 2.26. The van der Waals surface area contributed by atoms with E-state index >= 15 is 0 Å². The molecule has 0 spiro atoms. The van der Waals surface area contributed by atoms with Crippen molar-refractivity contribution in [2.75, 3.05) is 6.61 Å². The quantitative estimate of drug-likeness (QED) is 0.422. The summed E-state index contributed by atoms with van der Waals surface area (Å²) in [5.74, 6) is 0. The van der Waals surface area contributed by atoms with Gasteiger partial charge in [0.05, 0.1) is 6.61 Å². The van der Waals surface area contributed by atoms with E-state index in [4.69, 9.17) is 10.5 Å². The van der Waals surface area contributed by atoms with Crippen LogP contribution in [0.5, 0.6) is 0 Å². The molecule has 1 fully saturated rings. The van der Waals surface area contributed by atoms with E-state index in [0.717, 1.165) is 6.61 Å². The number of ether oxygens (including phenoxy) is 1. The number of hydrogen-bond donors (Lipinski definition) is 2. The molecule has 1 rings (SSSR count). The second-order valence-electron chi connectivity index (χ2n) is 1.82. The van der Waals surface area contributed by atoms with Crippen LogP contribution in [0.2, 0.25) is 0 Å². The number of nitrogens with one attached hydrogen (secondary N) is 1. The first kappa shape index (κ1) is 5.03. The summed E-state index contributed by atoms with van der Waals surface area (Å²) in [6.45, 7) is 2.77. The molecule has 42 valence electrons. The second kappa shape index (κ2) is 1.78. The van der Waals surface area contributed by atoms with Gasteiger partial charge in [-0.15, -0.1) is 0 Å². The van der Waals surface area contributed by atoms with E-state index in [1.54, 1.807) is 0 Å². The molecule has 0 aromatic rings. The van der Waals surface area contributed by atoms with Gasteiger partial charge in [-0.05, 0) is 6.92 Å². The van der Waals surface area contributed by atoms with Crippen molar-refractivity contribution < 1.29 is 4.74 Å². The molecule has 1 saturated heterocycles. The summed E-state index contributed by atoms with van der Waals surface area (Å²) in [6, 6.07) is 0.426. The zero-order valence-corrected chi connectivity index (χ0v) is 4.35. The van der Waals surface area contributed by atoms with Crippen molar-refractivity contribution in [1.29, 1.82) is 0 Å². The lowest BCUT2D eigenvalue weighted by Gasteiger charge is -1.99. The molecule has 2 unspecified atom stereocenters. The van der Waals surface area contributed by atoms with Crippen LogP contribution in [-0.4, -0.2) is 19.0 Å².